The van der Waals surface area contributed by atoms with E-state index in [2.05, 4.69) is 32.6 Å². The second-order valence-electron chi connectivity index (χ2n) is 7.33. The van der Waals surface area contributed by atoms with Crippen LogP contribution in [0.4, 0.5) is 5.82 Å². The van der Waals surface area contributed by atoms with Crippen LogP contribution in [0.5, 0.6) is 0 Å². The van der Waals surface area contributed by atoms with Crippen LogP contribution < -0.4 is 10.6 Å². The third-order valence-electron chi connectivity index (χ3n) is 5.11. The molecule has 0 aliphatic carbocycles. The van der Waals surface area contributed by atoms with Crippen molar-refractivity contribution < 1.29 is 9.53 Å². The van der Waals surface area contributed by atoms with E-state index in [0.717, 1.165) is 33.4 Å². The van der Waals surface area contributed by atoms with Crippen LogP contribution in [-0.4, -0.2) is 57.7 Å². The van der Waals surface area contributed by atoms with Crippen molar-refractivity contribution in [1.29, 1.82) is 0 Å². The molecule has 2 aromatic heterocycles. The van der Waals surface area contributed by atoms with Gasteiger partial charge in [0, 0.05) is 25.3 Å². The van der Waals surface area contributed by atoms with Gasteiger partial charge in [0.2, 0.25) is 0 Å². The summed E-state index contributed by atoms with van der Waals surface area (Å²) in [6.45, 7) is 6.93. The summed E-state index contributed by atoms with van der Waals surface area (Å²) in [5, 5.41) is 14.5. The third-order valence-corrected chi connectivity index (χ3v) is 5.84. The van der Waals surface area contributed by atoms with Crippen LogP contribution in [0.2, 0.25) is 0 Å². The van der Waals surface area contributed by atoms with E-state index in [0.29, 0.717) is 43.6 Å². The number of nitrogens with one attached hydrogen (secondary N) is 2. The van der Waals surface area contributed by atoms with Crippen LogP contribution in [0.25, 0.3) is 21.8 Å². The molecule has 1 amide bonds. The van der Waals surface area contributed by atoms with E-state index in [-0.39, 0.29) is 5.91 Å². The summed E-state index contributed by atoms with van der Waals surface area (Å²) in [6.07, 6.45) is 1.77. The van der Waals surface area contributed by atoms with Gasteiger partial charge in [-0.05, 0) is 35.6 Å². The summed E-state index contributed by atoms with van der Waals surface area (Å²) in [7, 11) is 0. The van der Waals surface area contributed by atoms with E-state index in [1.165, 1.54) is 0 Å². The van der Waals surface area contributed by atoms with Crippen LogP contribution in [0.15, 0.2) is 53.8 Å². The summed E-state index contributed by atoms with van der Waals surface area (Å²) in [5.74, 6) is 1.52. The Morgan fingerprint density at radius 2 is 1.94 bits per heavy atom. The van der Waals surface area contributed by atoms with Crippen molar-refractivity contribution >= 4 is 45.3 Å². The lowest BCUT2D eigenvalue weighted by molar-refractivity contribution is 0.0952. The number of hydrogen-bond donors (Lipinski definition) is 2. The fourth-order valence-electron chi connectivity index (χ4n) is 3.52. The number of benzene rings is 2. The molecule has 0 unspecified atom stereocenters. The predicted molar refractivity (Wildman–Crippen MR) is 133 cm³/mol. The Labute approximate surface area is 197 Å². The number of amides is 1. The quantitative estimate of drug-likeness (QED) is 0.197. The van der Waals surface area contributed by atoms with Crippen LogP contribution in [0.3, 0.4) is 0 Å². The maximum absolute atomic E-state index is 12.7. The second kappa shape index (κ2) is 11.1. The molecule has 4 rings (SSSR count). The molecule has 0 spiro atoms. The predicted octanol–water partition coefficient (Wildman–Crippen LogP) is 3.97. The minimum absolute atomic E-state index is 0.104. The molecule has 0 aliphatic heterocycles. The first kappa shape index (κ1) is 23.0. The Kier molecular flexibility index (Phi) is 7.74. The Bertz CT molecular complexity index is 1240. The van der Waals surface area contributed by atoms with Crippen molar-refractivity contribution in [3.8, 4) is 0 Å². The zero-order chi connectivity index (χ0) is 23.0. The van der Waals surface area contributed by atoms with E-state index >= 15 is 0 Å². The highest BCUT2D eigenvalue weighted by molar-refractivity contribution is 7.99. The number of hydrogen-bond acceptors (Lipinski definition) is 7. The van der Waals surface area contributed by atoms with Gasteiger partial charge < -0.3 is 15.4 Å². The van der Waals surface area contributed by atoms with Gasteiger partial charge in [-0.15, -0.1) is 0 Å². The molecule has 0 saturated carbocycles. The fourth-order valence-corrected chi connectivity index (χ4v) is 4.09. The number of rotatable bonds is 11. The van der Waals surface area contributed by atoms with E-state index < -0.39 is 0 Å². The summed E-state index contributed by atoms with van der Waals surface area (Å²) in [4.78, 5) is 22.0. The molecule has 0 radical (unpaired) electrons. The van der Waals surface area contributed by atoms with Gasteiger partial charge in [-0.1, -0.05) is 49.0 Å². The molecule has 172 valence electrons. The van der Waals surface area contributed by atoms with Gasteiger partial charge in [-0.25, -0.2) is 14.6 Å². The summed E-state index contributed by atoms with van der Waals surface area (Å²) < 4.78 is 7.22. The number of fused-ring (bicyclic) bond motifs is 2. The van der Waals surface area contributed by atoms with Gasteiger partial charge in [0.1, 0.15) is 5.82 Å². The molecule has 8 nitrogen and oxygen atoms in total. The monoisotopic (exact) mass is 464 g/mol. The molecular weight excluding hydrogens is 436 g/mol. The summed E-state index contributed by atoms with van der Waals surface area (Å²) in [5.41, 5.74) is 1.39. The van der Waals surface area contributed by atoms with Gasteiger partial charge in [0.05, 0.1) is 24.7 Å². The number of ether oxygens (including phenoxy) is 1. The lowest BCUT2D eigenvalue weighted by Gasteiger charge is -2.10. The van der Waals surface area contributed by atoms with Gasteiger partial charge >= 0.3 is 0 Å². The van der Waals surface area contributed by atoms with E-state index in [1.807, 2.05) is 54.1 Å². The normalized spacial score (nSPS) is 11.2. The molecule has 2 heterocycles. The third kappa shape index (κ3) is 5.61. The smallest absolute Gasteiger partial charge is 0.251 e. The number of aromatic nitrogens is 4. The standard InChI is InChI=1S/C24H28N6O2S/c1-3-32-14-12-25-21-20-16-27-30(22(20)29-24(28-21)33-4-2)13-11-26-23(31)19-10-9-17-7-5-6-8-18(17)15-19/h5-10,15-16H,3-4,11-14H2,1-2H3,(H,26,31)(H,25,28,29). The topological polar surface area (TPSA) is 94.0 Å². The summed E-state index contributed by atoms with van der Waals surface area (Å²) in [6, 6.07) is 13.7. The lowest BCUT2D eigenvalue weighted by atomic mass is 10.1. The maximum atomic E-state index is 12.7. The van der Waals surface area contributed by atoms with Crippen molar-refractivity contribution in [2.45, 2.75) is 25.5 Å². The minimum atomic E-state index is -0.104. The summed E-state index contributed by atoms with van der Waals surface area (Å²) >= 11 is 1.58. The first-order valence-corrected chi connectivity index (χ1v) is 12.1. The Morgan fingerprint density at radius 3 is 2.76 bits per heavy atom. The number of carbonyl (C=O) groups is 1. The average molecular weight is 465 g/mol. The molecule has 0 bridgehead atoms. The van der Waals surface area contributed by atoms with Crippen molar-refractivity contribution in [2.75, 3.05) is 37.4 Å². The lowest BCUT2D eigenvalue weighted by Crippen LogP contribution is -2.27. The zero-order valence-electron chi connectivity index (χ0n) is 18.9. The van der Waals surface area contributed by atoms with E-state index in [1.54, 1.807) is 18.0 Å². The number of thioether (sulfide) groups is 1. The SMILES string of the molecule is CCOCCNc1nc(SCC)nc2c1cnn2CCNC(=O)c1ccc2ccccc2c1. The van der Waals surface area contributed by atoms with Crippen molar-refractivity contribution in [1.82, 2.24) is 25.1 Å². The molecule has 0 atom stereocenters. The fraction of sp³-hybridized carbons (Fsp3) is 0.333. The van der Waals surface area contributed by atoms with Gasteiger partial charge in [-0.3, -0.25) is 4.79 Å². The molecule has 4 aromatic rings. The highest BCUT2D eigenvalue weighted by Crippen LogP contribution is 2.24. The highest BCUT2D eigenvalue weighted by atomic mass is 32.2. The average Bonchev–Trinajstić information content (AvgIpc) is 3.24. The van der Waals surface area contributed by atoms with Crippen LogP contribution in [0.1, 0.15) is 24.2 Å². The minimum Gasteiger partial charge on any atom is -0.380 e. The number of carbonyl (C=O) groups excluding carboxylic acids is 1. The molecule has 0 saturated heterocycles. The Morgan fingerprint density at radius 1 is 1.09 bits per heavy atom. The molecule has 0 aliphatic rings. The van der Waals surface area contributed by atoms with Gasteiger partial charge in [0.15, 0.2) is 10.8 Å². The van der Waals surface area contributed by atoms with Gasteiger partial charge in [-0.2, -0.15) is 5.10 Å². The molecule has 0 fully saturated rings. The molecule has 2 N–H and O–H groups in total. The zero-order valence-corrected chi connectivity index (χ0v) is 19.7. The number of anilines is 1. The van der Waals surface area contributed by atoms with Crippen molar-refractivity contribution in [3.05, 3.63) is 54.2 Å². The second-order valence-corrected chi connectivity index (χ2v) is 8.57. The van der Waals surface area contributed by atoms with Crippen LogP contribution in [-0.2, 0) is 11.3 Å². The van der Waals surface area contributed by atoms with Gasteiger partial charge in [0.25, 0.3) is 5.91 Å². The molecule has 33 heavy (non-hydrogen) atoms. The molecule has 2 aromatic carbocycles. The first-order valence-electron chi connectivity index (χ1n) is 11.1. The van der Waals surface area contributed by atoms with Crippen molar-refractivity contribution in [3.63, 3.8) is 0 Å². The van der Waals surface area contributed by atoms with E-state index in [4.69, 9.17) is 4.74 Å². The van der Waals surface area contributed by atoms with Crippen LogP contribution in [0, 0.1) is 0 Å². The number of nitrogens with zero attached hydrogens (tertiary/aromatic N) is 4. The largest absolute Gasteiger partial charge is 0.380 e. The van der Waals surface area contributed by atoms with Crippen LogP contribution >= 0.6 is 11.8 Å². The maximum Gasteiger partial charge on any atom is 0.251 e. The Balaban J connectivity index is 1.45. The Hall–Kier alpha value is -3.17. The highest BCUT2D eigenvalue weighted by Gasteiger charge is 2.14. The van der Waals surface area contributed by atoms with E-state index in [9.17, 15) is 4.79 Å². The molecular formula is C24H28N6O2S. The van der Waals surface area contributed by atoms with Crippen molar-refractivity contribution in [2.24, 2.45) is 0 Å². The first-order chi connectivity index (χ1) is 16.2. The molecule has 9 heteroatoms.